The largest absolute Gasteiger partial charge is 0.236 e. The number of benzene rings is 2. The minimum Gasteiger partial charge on any atom is -0.236 e. The van der Waals surface area contributed by atoms with Gasteiger partial charge in [0, 0.05) is 16.7 Å². The summed E-state index contributed by atoms with van der Waals surface area (Å²) < 4.78 is 0. The van der Waals surface area contributed by atoms with E-state index in [2.05, 4.69) is 32.5 Å². The Labute approximate surface area is 154 Å². The number of nitrogens with zero attached hydrogens (tertiary/aromatic N) is 5. The predicted molar refractivity (Wildman–Crippen MR) is 99.7 cm³/mol. The number of aromatic nitrogens is 5. The molecule has 0 N–H and O–H groups in total. The maximum absolute atomic E-state index is 6.30. The second-order valence-corrected chi connectivity index (χ2v) is 6.81. The van der Waals surface area contributed by atoms with E-state index in [1.165, 1.54) is 5.56 Å². The molecule has 5 nitrogen and oxygen atoms in total. The topological polar surface area (TPSA) is 56.5 Å². The Bertz CT molecular complexity index is 1000. The van der Waals surface area contributed by atoms with E-state index in [-0.39, 0.29) is 0 Å². The standard InChI is InChI=1S/C18H14ClN5S/c19-17-15(10-14-8-4-5-9-16(14)20-17)11-24-22-18(21-23-24)25-12-13-6-2-1-3-7-13/h1-10H,11-12H2. The average molecular weight is 368 g/mol. The van der Waals surface area contributed by atoms with Crippen molar-refractivity contribution < 1.29 is 0 Å². The maximum atomic E-state index is 6.30. The van der Waals surface area contributed by atoms with Crippen LogP contribution >= 0.6 is 23.4 Å². The normalized spacial score (nSPS) is 11.1. The van der Waals surface area contributed by atoms with Crippen LogP contribution in [0.1, 0.15) is 11.1 Å². The molecule has 2 heterocycles. The van der Waals surface area contributed by atoms with Crippen LogP contribution in [-0.2, 0) is 12.3 Å². The first-order valence-corrected chi connectivity index (χ1v) is 9.13. The van der Waals surface area contributed by atoms with E-state index in [9.17, 15) is 0 Å². The average Bonchev–Trinajstić information content (AvgIpc) is 3.09. The molecule has 2 aromatic heterocycles. The van der Waals surface area contributed by atoms with Crippen molar-refractivity contribution in [3.63, 3.8) is 0 Å². The molecule has 4 rings (SSSR count). The molecule has 0 saturated heterocycles. The van der Waals surface area contributed by atoms with Crippen molar-refractivity contribution in [2.75, 3.05) is 0 Å². The van der Waals surface area contributed by atoms with Crippen molar-refractivity contribution >= 4 is 34.3 Å². The van der Waals surface area contributed by atoms with Crippen molar-refractivity contribution in [3.8, 4) is 0 Å². The lowest BCUT2D eigenvalue weighted by molar-refractivity contribution is 0.568. The monoisotopic (exact) mass is 367 g/mol. The summed E-state index contributed by atoms with van der Waals surface area (Å²) in [5.74, 6) is 0.810. The van der Waals surface area contributed by atoms with Gasteiger partial charge >= 0.3 is 0 Å². The first kappa shape index (κ1) is 16.1. The van der Waals surface area contributed by atoms with E-state index in [0.29, 0.717) is 16.9 Å². The molecule has 0 aliphatic carbocycles. The molecule has 0 amide bonds. The zero-order chi connectivity index (χ0) is 17.1. The molecule has 25 heavy (non-hydrogen) atoms. The van der Waals surface area contributed by atoms with Crippen LogP contribution in [0.3, 0.4) is 0 Å². The van der Waals surface area contributed by atoms with E-state index in [1.54, 1.807) is 16.6 Å². The van der Waals surface area contributed by atoms with Crippen molar-refractivity contribution in [2.45, 2.75) is 17.5 Å². The first-order valence-electron chi connectivity index (χ1n) is 7.76. The summed E-state index contributed by atoms with van der Waals surface area (Å²) >= 11 is 7.85. The highest BCUT2D eigenvalue weighted by atomic mass is 35.5. The molecule has 0 bridgehead atoms. The smallest absolute Gasteiger partial charge is 0.231 e. The van der Waals surface area contributed by atoms with E-state index >= 15 is 0 Å². The molecule has 2 aromatic carbocycles. The summed E-state index contributed by atoms with van der Waals surface area (Å²) in [6.45, 7) is 0.440. The lowest BCUT2D eigenvalue weighted by atomic mass is 10.1. The van der Waals surface area contributed by atoms with Gasteiger partial charge in [-0.3, -0.25) is 0 Å². The number of hydrogen-bond acceptors (Lipinski definition) is 5. The SMILES string of the molecule is Clc1nc2ccccc2cc1Cn1nnc(SCc2ccccc2)n1. The summed E-state index contributed by atoms with van der Waals surface area (Å²) in [7, 11) is 0. The fourth-order valence-electron chi connectivity index (χ4n) is 2.47. The molecule has 0 radical (unpaired) electrons. The van der Waals surface area contributed by atoms with Gasteiger partial charge in [-0.25, -0.2) is 4.98 Å². The van der Waals surface area contributed by atoms with Crippen molar-refractivity contribution in [3.05, 3.63) is 76.9 Å². The summed E-state index contributed by atoms with van der Waals surface area (Å²) in [6.07, 6.45) is 0. The zero-order valence-electron chi connectivity index (χ0n) is 13.2. The van der Waals surface area contributed by atoms with Crippen LogP contribution in [0.4, 0.5) is 0 Å². The summed E-state index contributed by atoms with van der Waals surface area (Å²) in [6, 6.07) is 20.1. The lowest BCUT2D eigenvalue weighted by Gasteiger charge is -2.05. The van der Waals surface area contributed by atoms with Crippen molar-refractivity contribution in [2.24, 2.45) is 0 Å². The summed E-state index contributed by atoms with van der Waals surface area (Å²) in [5, 5.41) is 14.8. The van der Waals surface area contributed by atoms with Crippen LogP contribution in [-0.4, -0.2) is 25.2 Å². The number of para-hydroxylation sites is 1. The second-order valence-electron chi connectivity index (χ2n) is 5.51. The van der Waals surface area contributed by atoms with E-state index in [0.717, 1.165) is 22.2 Å². The molecule has 7 heteroatoms. The Hall–Kier alpha value is -2.44. The Morgan fingerprint density at radius 3 is 2.68 bits per heavy atom. The molecule has 0 spiro atoms. The minimum atomic E-state index is 0.440. The predicted octanol–water partition coefficient (Wildman–Crippen LogP) is 4.22. The number of rotatable bonds is 5. The Morgan fingerprint density at radius 2 is 1.80 bits per heavy atom. The molecule has 0 fully saturated rings. The van der Waals surface area contributed by atoms with Gasteiger partial charge in [-0.15, -0.1) is 10.2 Å². The molecular formula is C18H14ClN5S. The van der Waals surface area contributed by atoms with Gasteiger partial charge in [-0.2, -0.15) is 4.80 Å². The second kappa shape index (κ2) is 7.21. The summed E-state index contributed by atoms with van der Waals surface area (Å²) in [4.78, 5) is 5.97. The highest BCUT2D eigenvalue weighted by molar-refractivity contribution is 7.98. The van der Waals surface area contributed by atoms with Gasteiger partial charge in [0.1, 0.15) is 5.15 Å². The number of fused-ring (bicyclic) bond motifs is 1. The highest BCUT2D eigenvalue weighted by Gasteiger charge is 2.09. The van der Waals surface area contributed by atoms with E-state index < -0.39 is 0 Å². The van der Waals surface area contributed by atoms with Crippen molar-refractivity contribution in [1.29, 1.82) is 0 Å². The molecule has 0 atom stereocenters. The Kier molecular flexibility index (Phi) is 4.63. The van der Waals surface area contributed by atoms with Gasteiger partial charge in [0.25, 0.3) is 0 Å². The van der Waals surface area contributed by atoms with Crippen LogP contribution < -0.4 is 0 Å². The fraction of sp³-hybridized carbons (Fsp3) is 0.111. The molecule has 4 aromatic rings. The van der Waals surface area contributed by atoms with Gasteiger partial charge in [-0.1, -0.05) is 71.9 Å². The van der Waals surface area contributed by atoms with Crippen LogP contribution in [0.2, 0.25) is 5.15 Å². The molecule has 0 aliphatic rings. The van der Waals surface area contributed by atoms with Gasteiger partial charge < -0.3 is 0 Å². The quantitative estimate of drug-likeness (QED) is 0.390. The maximum Gasteiger partial charge on any atom is 0.231 e. The third-order valence-electron chi connectivity index (χ3n) is 3.71. The lowest BCUT2D eigenvalue weighted by Crippen LogP contribution is -2.05. The summed E-state index contributed by atoms with van der Waals surface area (Å²) in [5.41, 5.74) is 2.98. The number of hydrogen-bond donors (Lipinski definition) is 0. The van der Waals surface area contributed by atoms with Crippen LogP contribution in [0.5, 0.6) is 0 Å². The van der Waals surface area contributed by atoms with Gasteiger partial charge in [-0.05, 0) is 22.9 Å². The molecule has 0 aliphatic heterocycles. The number of tetrazole rings is 1. The van der Waals surface area contributed by atoms with E-state index in [1.807, 2.05) is 48.5 Å². The Morgan fingerprint density at radius 1 is 1.00 bits per heavy atom. The van der Waals surface area contributed by atoms with Gasteiger partial charge in [0.05, 0.1) is 12.1 Å². The zero-order valence-corrected chi connectivity index (χ0v) is 14.8. The van der Waals surface area contributed by atoms with Crippen LogP contribution in [0, 0.1) is 0 Å². The molecule has 124 valence electrons. The third-order valence-corrected chi connectivity index (χ3v) is 4.93. The van der Waals surface area contributed by atoms with Gasteiger partial charge in [0.15, 0.2) is 0 Å². The number of thioether (sulfide) groups is 1. The van der Waals surface area contributed by atoms with Gasteiger partial charge in [0.2, 0.25) is 5.16 Å². The minimum absolute atomic E-state index is 0.440. The molecule has 0 unspecified atom stereocenters. The number of halogens is 1. The van der Waals surface area contributed by atoms with Crippen LogP contribution in [0.25, 0.3) is 10.9 Å². The first-order chi connectivity index (χ1) is 12.3. The molecular weight excluding hydrogens is 354 g/mol. The fourth-order valence-corrected chi connectivity index (χ4v) is 3.41. The van der Waals surface area contributed by atoms with Crippen molar-refractivity contribution in [1.82, 2.24) is 25.2 Å². The number of pyridine rings is 1. The van der Waals surface area contributed by atoms with Crippen LogP contribution in [0.15, 0.2) is 65.8 Å². The molecule has 0 saturated carbocycles. The van der Waals surface area contributed by atoms with E-state index in [4.69, 9.17) is 11.6 Å². The third kappa shape index (κ3) is 3.81. The Balaban J connectivity index is 1.48. The highest BCUT2D eigenvalue weighted by Crippen LogP contribution is 2.22.